The first-order valence-corrected chi connectivity index (χ1v) is 6.78. The average Bonchev–Trinajstić information content (AvgIpc) is 2.99. The molecule has 0 saturated heterocycles. The number of hydrogen-bond acceptors (Lipinski definition) is 6. The van der Waals surface area contributed by atoms with Crippen molar-refractivity contribution in [1.29, 1.82) is 0 Å². The summed E-state index contributed by atoms with van der Waals surface area (Å²) in [6.07, 6.45) is 2.01. The lowest BCUT2D eigenvalue weighted by atomic mass is 10.2. The largest absolute Gasteiger partial charge is 0.269 e. The molecule has 0 radical (unpaired) electrons. The van der Waals surface area contributed by atoms with Crippen LogP contribution in [0.15, 0.2) is 10.9 Å². The minimum absolute atomic E-state index is 0.139. The number of fused-ring (bicyclic) bond motifs is 1. The molecule has 98 valence electrons. The van der Waals surface area contributed by atoms with Crippen LogP contribution in [0, 0.1) is 6.92 Å². The van der Waals surface area contributed by atoms with Gasteiger partial charge in [0.05, 0.1) is 5.39 Å². The van der Waals surface area contributed by atoms with Crippen LogP contribution in [0.3, 0.4) is 0 Å². The summed E-state index contributed by atoms with van der Waals surface area (Å²) in [5.41, 5.74) is -0.139. The molecule has 0 aliphatic rings. The maximum absolute atomic E-state index is 12.5. The highest BCUT2D eigenvalue weighted by Crippen LogP contribution is 2.23. The Morgan fingerprint density at radius 1 is 1.47 bits per heavy atom. The number of aromatic amines is 1. The van der Waals surface area contributed by atoms with E-state index in [4.69, 9.17) is 0 Å². The summed E-state index contributed by atoms with van der Waals surface area (Å²) in [6, 6.07) is 1.92. The van der Waals surface area contributed by atoms with Crippen LogP contribution in [0.2, 0.25) is 0 Å². The number of rotatable bonds is 3. The van der Waals surface area contributed by atoms with Crippen LogP contribution in [-0.4, -0.2) is 30.2 Å². The Labute approximate surface area is 112 Å². The van der Waals surface area contributed by atoms with E-state index in [1.807, 2.05) is 6.07 Å². The molecular weight excluding hydrogens is 264 g/mol. The third-order valence-corrected chi connectivity index (χ3v) is 3.92. The maximum atomic E-state index is 12.5. The first-order valence-electron chi connectivity index (χ1n) is 5.97. The molecule has 0 unspecified atom stereocenters. The molecule has 8 heteroatoms. The Morgan fingerprint density at radius 2 is 2.32 bits per heavy atom. The highest BCUT2D eigenvalue weighted by atomic mass is 32.1. The predicted molar refractivity (Wildman–Crippen MR) is 71.7 cm³/mol. The van der Waals surface area contributed by atoms with Crippen molar-refractivity contribution in [3.05, 3.63) is 27.1 Å². The molecule has 3 rings (SSSR count). The summed E-state index contributed by atoms with van der Waals surface area (Å²) >= 11 is 1.57. The van der Waals surface area contributed by atoms with E-state index in [-0.39, 0.29) is 5.56 Å². The Balaban J connectivity index is 2.27. The van der Waals surface area contributed by atoms with Crippen molar-refractivity contribution in [2.24, 2.45) is 0 Å². The molecule has 0 bridgehead atoms. The van der Waals surface area contributed by atoms with Gasteiger partial charge in [0.1, 0.15) is 10.7 Å². The summed E-state index contributed by atoms with van der Waals surface area (Å²) in [6.45, 7) is 3.88. The highest BCUT2D eigenvalue weighted by molar-refractivity contribution is 7.18. The number of hydrogen-bond donors (Lipinski definition) is 1. The molecule has 3 aromatic heterocycles. The van der Waals surface area contributed by atoms with Crippen LogP contribution < -0.4 is 5.56 Å². The second-order valence-corrected chi connectivity index (χ2v) is 5.32. The number of thiophene rings is 1. The molecule has 7 nitrogen and oxygen atoms in total. The zero-order valence-corrected chi connectivity index (χ0v) is 11.4. The summed E-state index contributed by atoms with van der Waals surface area (Å²) in [4.78, 5) is 18.9. The standard InChI is InChI=1S/C11H12N6OS/c1-3-4-7-5-8-9(19-7)12-6(2)17(10(8)18)11-13-15-16-14-11/h5H,3-4H2,1-2H3,(H,13,14,15,16). The van der Waals surface area contributed by atoms with E-state index in [1.165, 1.54) is 9.44 Å². The topological polar surface area (TPSA) is 89.4 Å². The Hall–Kier alpha value is -2.09. The summed E-state index contributed by atoms with van der Waals surface area (Å²) in [7, 11) is 0. The molecule has 0 atom stereocenters. The zero-order chi connectivity index (χ0) is 13.4. The lowest BCUT2D eigenvalue weighted by Crippen LogP contribution is -2.22. The SMILES string of the molecule is CCCc1cc2c(=O)n(-c3nnn[nH]3)c(C)nc2s1. The summed E-state index contributed by atoms with van der Waals surface area (Å²) in [5.74, 6) is 0.862. The van der Waals surface area contributed by atoms with Gasteiger partial charge in [-0.2, -0.15) is 0 Å². The number of nitrogens with zero attached hydrogens (tertiary/aromatic N) is 5. The fraction of sp³-hybridized carbons (Fsp3) is 0.364. The third kappa shape index (κ3) is 1.93. The number of aryl methyl sites for hydroxylation is 2. The molecule has 0 aliphatic heterocycles. The second kappa shape index (κ2) is 4.54. The maximum Gasteiger partial charge on any atom is 0.269 e. The lowest BCUT2D eigenvalue weighted by molar-refractivity contribution is 0.832. The van der Waals surface area contributed by atoms with Gasteiger partial charge in [0.25, 0.3) is 11.5 Å². The predicted octanol–water partition coefficient (Wildman–Crippen LogP) is 1.22. The van der Waals surface area contributed by atoms with Gasteiger partial charge in [-0.1, -0.05) is 18.4 Å². The molecule has 3 heterocycles. The fourth-order valence-corrected chi connectivity index (χ4v) is 3.17. The van der Waals surface area contributed by atoms with E-state index in [0.29, 0.717) is 17.2 Å². The number of nitrogens with one attached hydrogen (secondary N) is 1. The first-order chi connectivity index (χ1) is 9.20. The smallest absolute Gasteiger partial charge is 0.268 e. The molecule has 1 N–H and O–H groups in total. The van der Waals surface area contributed by atoms with Gasteiger partial charge >= 0.3 is 0 Å². The van der Waals surface area contributed by atoms with E-state index in [1.54, 1.807) is 18.3 Å². The number of H-pyrrole nitrogens is 1. The highest BCUT2D eigenvalue weighted by Gasteiger charge is 2.14. The number of tetrazole rings is 1. The average molecular weight is 276 g/mol. The quantitative estimate of drug-likeness (QED) is 0.777. The van der Waals surface area contributed by atoms with Gasteiger partial charge in [-0.25, -0.2) is 14.6 Å². The van der Waals surface area contributed by atoms with Gasteiger partial charge in [0.2, 0.25) is 0 Å². The molecule has 0 saturated carbocycles. The zero-order valence-electron chi connectivity index (χ0n) is 10.5. The van der Waals surface area contributed by atoms with Crippen LogP contribution in [0.4, 0.5) is 0 Å². The van der Waals surface area contributed by atoms with Crippen LogP contribution in [0.25, 0.3) is 16.2 Å². The molecule has 19 heavy (non-hydrogen) atoms. The first kappa shape index (κ1) is 12.0. The fourth-order valence-electron chi connectivity index (χ4n) is 2.00. The third-order valence-electron chi connectivity index (χ3n) is 2.83. The molecular formula is C11H12N6OS. The molecule has 0 amide bonds. The van der Waals surface area contributed by atoms with Crippen LogP contribution in [-0.2, 0) is 6.42 Å². The minimum atomic E-state index is -0.139. The van der Waals surface area contributed by atoms with Crippen molar-refractivity contribution < 1.29 is 0 Å². The normalized spacial score (nSPS) is 11.3. The molecule has 0 aromatic carbocycles. The van der Waals surface area contributed by atoms with Gasteiger partial charge in [-0.15, -0.1) is 11.3 Å². The molecule has 3 aromatic rings. The van der Waals surface area contributed by atoms with Crippen molar-refractivity contribution in [1.82, 2.24) is 30.2 Å². The van der Waals surface area contributed by atoms with Crippen molar-refractivity contribution >= 4 is 21.6 Å². The summed E-state index contributed by atoms with van der Waals surface area (Å²) < 4.78 is 1.39. The van der Waals surface area contributed by atoms with E-state index in [2.05, 4.69) is 32.5 Å². The minimum Gasteiger partial charge on any atom is -0.268 e. The molecule has 0 spiro atoms. The Bertz CT molecular complexity index is 772. The van der Waals surface area contributed by atoms with Crippen molar-refractivity contribution in [3.63, 3.8) is 0 Å². The van der Waals surface area contributed by atoms with Gasteiger partial charge in [0.15, 0.2) is 0 Å². The van der Waals surface area contributed by atoms with Crippen LogP contribution in [0.1, 0.15) is 24.0 Å². The van der Waals surface area contributed by atoms with Crippen LogP contribution in [0.5, 0.6) is 0 Å². The van der Waals surface area contributed by atoms with Gasteiger partial charge in [-0.3, -0.25) is 4.79 Å². The van der Waals surface area contributed by atoms with E-state index >= 15 is 0 Å². The second-order valence-electron chi connectivity index (χ2n) is 4.21. The van der Waals surface area contributed by atoms with E-state index in [0.717, 1.165) is 17.7 Å². The molecule has 0 aliphatic carbocycles. The lowest BCUT2D eigenvalue weighted by Gasteiger charge is -2.03. The van der Waals surface area contributed by atoms with Gasteiger partial charge < -0.3 is 0 Å². The molecule has 0 fully saturated rings. The monoisotopic (exact) mass is 276 g/mol. The van der Waals surface area contributed by atoms with Crippen molar-refractivity contribution in [3.8, 4) is 5.95 Å². The summed E-state index contributed by atoms with van der Waals surface area (Å²) in [5, 5.41) is 14.0. The Kier molecular flexibility index (Phi) is 2.86. The van der Waals surface area contributed by atoms with Crippen molar-refractivity contribution in [2.45, 2.75) is 26.7 Å². The van der Waals surface area contributed by atoms with Gasteiger partial charge in [0, 0.05) is 4.88 Å². The Morgan fingerprint density at radius 3 is 3.00 bits per heavy atom. The van der Waals surface area contributed by atoms with Crippen molar-refractivity contribution in [2.75, 3.05) is 0 Å². The van der Waals surface area contributed by atoms with E-state index in [9.17, 15) is 4.79 Å². The van der Waals surface area contributed by atoms with Crippen LogP contribution >= 0.6 is 11.3 Å². The number of aromatic nitrogens is 6. The van der Waals surface area contributed by atoms with Gasteiger partial charge in [-0.05, 0) is 29.8 Å². The van der Waals surface area contributed by atoms with E-state index < -0.39 is 0 Å².